The molecule has 7 rings (SSSR count). The van der Waals surface area contributed by atoms with E-state index in [1.165, 1.54) is 0 Å². The van der Waals surface area contributed by atoms with Gasteiger partial charge in [0.05, 0.1) is 12.0 Å². The number of para-hydroxylation sites is 2. The van der Waals surface area contributed by atoms with Crippen LogP contribution in [0, 0.1) is 5.92 Å². The van der Waals surface area contributed by atoms with Crippen molar-refractivity contribution in [2.75, 3.05) is 39.5 Å². The summed E-state index contributed by atoms with van der Waals surface area (Å²) in [6.07, 6.45) is 0.674. The van der Waals surface area contributed by atoms with E-state index in [1.807, 2.05) is 67.6 Å². The third-order valence-electron chi connectivity index (χ3n) is 10.8. The van der Waals surface area contributed by atoms with Crippen LogP contribution in [0.25, 0.3) is 11.1 Å². The van der Waals surface area contributed by atoms with Gasteiger partial charge in [0.25, 0.3) is 0 Å². The van der Waals surface area contributed by atoms with Crippen LogP contribution in [-0.2, 0) is 24.4 Å². The number of amides is 3. The molecule has 2 atom stereocenters. The maximum absolute atomic E-state index is 14.4. The Bertz CT molecular complexity index is 1930. The van der Waals surface area contributed by atoms with Gasteiger partial charge in [0.2, 0.25) is 5.91 Å². The average molecular weight is 746 g/mol. The lowest BCUT2D eigenvalue weighted by molar-refractivity contribution is -0.127. The van der Waals surface area contributed by atoms with Gasteiger partial charge in [-0.3, -0.25) is 4.79 Å². The number of benzene rings is 4. The third kappa shape index (κ3) is 8.20. The van der Waals surface area contributed by atoms with Crippen molar-refractivity contribution in [2.45, 2.75) is 69.9 Å². The maximum Gasteiger partial charge on any atom is 0.409 e. The van der Waals surface area contributed by atoms with Gasteiger partial charge in [-0.05, 0) is 81.3 Å². The first-order valence-corrected chi connectivity index (χ1v) is 19.4. The topological polar surface area (TPSA) is 115 Å². The van der Waals surface area contributed by atoms with Crippen LogP contribution in [0.3, 0.4) is 0 Å². The van der Waals surface area contributed by atoms with Crippen LogP contribution in [0.5, 0.6) is 11.5 Å². The normalized spacial score (nSPS) is 18.1. The van der Waals surface area contributed by atoms with Crippen LogP contribution in [0.15, 0.2) is 97.1 Å². The van der Waals surface area contributed by atoms with E-state index in [-0.39, 0.29) is 31.5 Å². The summed E-state index contributed by atoms with van der Waals surface area (Å²) in [6, 6.07) is 31.8. The Hall–Kier alpha value is -5.35. The van der Waals surface area contributed by atoms with Crippen molar-refractivity contribution < 1.29 is 33.3 Å². The average Bonchev–Trinajstić information content (AvgIpc) is 3.50. The summed E-state index contributed by atoms with van der Waals surface area (Å²) >= 11 is 0. The molecule has 0 aromatic heterocycles. The van der Waals surface area contributed by atoms with Crippen LogP contribution >= 0.6 is 0 Å². The lowest BCUT2D eigenvalue weighted by Crippen LogP contribution is -2.56. The number of rotatable bonds is 11. The molecule has 3 amide bonds. The number of ether oxygens (including phenoxy) is 4. The minimum Gasteiger partial charge on any atom is -0.457 e. The molecule has 55 heavy (non-hydrogen) atoms. The van der Waals surface area contributed by atoms with Crippen molar-refractivity contribution in [3.63, 3.8) is 0 Å². The number of carbonyl (C=O) groups is 3. The Kier molecular flexibility index (Phi) is 11.2. The first-order valence-electron chi connectivity index (χ1n) is 19.4. The molecule has 0 unspecified atom stereocenters. The Morgan fingerprint density at radius 1 is 0.836 bits per heavy atom. The summed E-state index contributed by atoms with van der Waals surface area (Å²) in [5.41, 5.74) is 5.20. The minimum atomic E-state index is -0.714. The molecule has 1 aliphatic carbocycles. The zero-order valence-corrected chi connectivity index (χ0v) is 32.1. The van der Waals surface area contributed by atoms with Gasteiger partial charge in [-0.25, -0.2) is 9.59 Å². The summed E-state index contributed by atoms with van der Waals surface area (Å²) in [4.78, 5) is 42.8. The minimum absolute atomic E-state index is 0.111. The van der Waals surface area contributed by atoms with Crippen LogP contribution < -0.4 is 15.4 Å². The van der Waals surface area contributed by atoms with E-state index >= 15 is 0 Å². The molecule has 10 nitrogen and oxygen atoms in total. The molecule has 4 aromatic carbocycles. The second-order valence-corrected chi connectivity index (χ2v) is 15.7. The second-order valence-electron chi connectivity index (χ2n) is 15.7. The van der Waals surface area contributed by atoms with Gasteiger partial charge in [-0.15, -0.1) is 0 Å². The van der Waals surface area contributed by atoms with Gasteiger partial charge in [0, 0.05) is 55.3 Å². The van der Waals surface area contributed by atoms with Crippen LogP contribution in [0.2, 0.25) is 0 Å². The van der Waals surface area contributed by atoms with Crippen molar-refractivity contribution in [3.05, 3.63) is 119 Å². The van der Waals surface area contributed by atoms with Gasteiger partial charge < -0.3 is 34.5 Å². The molecule has 0 saturated carbocycles. The highest BCUT2D eigenvalue weighted by Gasteiger charge is 2.43. The maximum atomic E-state index is 14.4. The third-order valence-corrected chi connectivity index (χ3v) is 10.8. The molecular formula is C45H51N3O7. The summed E-state index contributed by atoms with van der Waals surface area (Å²) < 4.78 is 23.7. The number of nitrogens with zero attached hydrogens (tertiary/aromatic N) is 1. The van der Waals surface area contributed by atoms with Crippen molar-refractivity contribution in [1.82, 2.24) is 15.5 Å². The predicted octanol–water partition coefficient (Wildman–Crippen LogP) is 8.18. The second kappa shape index (κ2) is 16.2. The standard InChI is InChI=1S/C45H51N3O7/c1-5-52-24-14-23-45(37-19-10-12-21-39(37)54-40-22-13-11-20-38(40)45)29-46-41(49)30-25-31(47-42(50)55-44(2,3)4)27-48(26-30)43(51)53-28-36-34-17-8-6-15-32(34)33-16-7-9-18-35(33)36/h6-13,15-22,30-31,36H,5,14,23-29H2,1-4H3,(H,46,49)(H,47,50)/t30-,31+/m0/s1. The van der Waals surface area contributed by atoms with Crippen LogP contribution in [-0.4, -0.2) is 74.1 Å². The predicted molar refractivity (Wildman–Crippen MR) is 210 cm³/mol. The molecule has 0 spiro atoms. The number of carbonyl (C=O) groups excluding carboxylic acids is 3. The molecule has 2 heterocycles. The van der Waals surface area contributed by atoms with E-state index in [0.717, 1.165) is 51.3 Å². The van der Waals surface area contributed by atoms with E-state index in [4.69, 9.17) is 18.9 Å². The van der Waals surface area contributed by atoms with Crippen molar-refractivity contribution in [1.29, 1.82) is 0 Å². The van der Waals surface area contributed by atoms with E-state index < -0.39 is 35.2 Å². The van der Waals surface area contributed by atoms with Gasteiger partial charge >= 0.3 is 12.2 Å². The Balaban J connectivity index is 1.11. The molecule has 288 valence electrons. The first kappa shape index (κ1) is 37.9. The number of likely N-dealkylation sites (tertiary alicyclic amines) is 1. The Labute approximate surface area is 323 Å². The number of fused-ring (bicyclic) bond motifs is 5. The highest BCUT2D eigenvalue weighted by atomic mass is 16.6. The number of alkyl carbamates (subject to hydrolysis) is 1. The molecule has 2 N–H and O–H groups in total. The smallest absolute Gasteiger partial charge is 0.409 e. The zero-order chi connectivity index (χ0) is 38.6. The van der Waals surface area contributed by atoms with Gasteiger partial charge in [-0.2, -0.15) is 0 Å². The summed E-state index contributed by atoms with van der Waals surface area (Å²) in [5, 5.41) is 6.22. The highest BCUT2D eigenvalue weighted by molar-refractivity contribution is 5.81. The summed E-state index contributed by atoms with van der Waals surface area (Å²) in [5.74, 6) is 0.568. The molecule has 4 aromatic rings. The van der Waals surface area contributed by atoms with Crippen molar-refractivity contribution in [3.8, 4) is 22.6 Å². The largest absolute Gasteiger partial charge is 0.457 e. The lowest BCUT2D eigenvalue weighted by atomic mass is 9.69. The van der Waals surface area contributed by atoms with Gasteiger partial charge in [0.15, 0.2) is 0 Å². The van der Waals surface area contributed by atoms with E-state index in [9.17, 15) is 14.4 Å². The zero-order valence-electron chi connectivity index (χ0n) is 32.1. The number of hydrogen-bond acceptors (Lipinski definition) is 7. The number of piperidine rings is 1. The number of hydrogen-bond donors (Lipinski definition) is 2. The molecule has 3 aliphatic rings. The molecule has 0 bridgehead atoms. The highest BCUT2D eigenvalue weighted by Crippen LogP contribution is 2.50. The SMILES string of the molecule is CCOCCCC1(CNC(=O)[C@H]2C[C@@H](NC(=O)OC(C)(C)C)CN(C(=O)OCC3c4ccccc4-c4ccccc43)C2)c2ccccc2Oc2ccccc21. The fraction of sp³-hybridized carbons (Fsp3) is 0.400. The fourth-order valence-electron chi connectivity index (χ4n) is 8.42. The molecule has 1 saturated heterocycles. The van der Waals surface area contributed by atoms with Gasteiger partial charge in [0.1, 0.15) is 23.7 Å². The van der Waals surface area contributed by atoms with Crippen LogP contribution in [0.4, 0.5) is 9.59 Å². The van der Waals surface area contributed by atoms with Crippen molar-refractivity contribution in [2.24, 2.45) is 5.92 Å². The van der Waals surface area contributed by atoms with Crippen LogP contribution in [0.1, 0.15) is 75.1 Å². The quantitative estimate of drug-likeness (QED) is 0.149. The first-order chi connectivity index (χ1) is 26.6. The molecule has 1 fully saturated rings. The summed E-state index contributed by atoms with van der Waals surface area (Å²) in [7, 11) is 0. The van der Waals surface area contributed by atoms with E-state index in [1.54, 1.807) is 25.7 Å². The van der Waals surface area contributed by atoms with Gasteiger partial charge in [-0.1, -0.05) is 84.9 Å². The number of nitrogens with one attached hydrogen (secondary N) is 2. The summed E-state index contributed by atoms with van der Waals surface area (Å²) in [6.45, 7) is 9.36. The fourth-order valence-corrected chi connectivity index (χ4v) is 8.42. The molecular weight excluding hydrogens is 695 g/mol. The Morgan fingerprint density at radius 3 is 2.05 bits per heavy atom. The molecule has 2 aliphatic heterocycles. The molecule has 10 heteroatoms. The molecule has 0 radical (unpaired) electrons. The Morgan fingerprint density at radius 2 is 1.44 bits per heavy atom. The van der Waals surface area contributed by atoms with Crippen molar-refractivity contribution >= 4 is 18.1 Å². The lowest BCUT2D eigenvalue weighted by Gasteiger charge is -2.41. The monoisotopic (exact) mass is 745 g/mol. The van der Waals surface area contributed by atoms with E-state index in [0.29, 0.717) is 32.6 Å². The van der Waals surface area contributed by atoms with E-state index in [2.05, 4.69) is 47.0 Å².